The highest BCUT2D eigenvalue weighted by molar-refractivity contribution is 6.32. The van der Waals surface area contributed by atoms with Crippen LogP contribution in [0.3, 0.4) is 0 Å². The molecule has 0 aliphatic rings. The summed E-state index contributed by atoms with van der Waals surface area (Å²) < 4.78 is 0. The summed E-state index contributed by atoms with van der Waals surface area (Å²) in [5.41, 5.74) is 1.93. The lowest BCUT2D eigenvalue weighted by atomic mass is 10.1. The highest BCUT2D eigenvalue weighted by atomic mass is 35.5. The SMILES string of the molecule is C[C@@H](NC(=O)Nc1ccc(C#N)c(Cl)c1)c1ccccc1. The Kier molecular flexibility index (Phi) is 4.81. The van der Waals surface area contributed by atoms with Gasteiger partial charge in [-0.15, -0.1) is 0 Å². The van der Waals surface area contributed by atoms with Gasteiger partial charge in [-0.2, -0.15) is 5.26 Å². The predicted molar refractivity (Wildman–Crippen MR) is 83.2 cm³/mol. The number of halogens is 1. The second-order valence-electron chi connectivity index (χ2n) is 4.54. The van der Waals surface area contributed by atoms with E-state index in [4.69, 9.17) is 16.9 Å². The first-order valence-corrected chi connectivity index (χ1v) is 6.80. The Balaban J connectivity index is 1.99. The fourth-order valence-electron chi connectivity index (χ4n) is 1.87. The molecule has 0 aliphatic carbocycles. The first kappa shape index (κ1) is 14.9. The third kappa shape index (κ3) is 3.98. The third-order valence-corrected chi connectivity index (χ3v) is 3.31. The zero-order chi connectivity index (χ0) is 15.2. The van der Waals surface area contributed by atoms with Gasteiger partial charge in [0.15, 0.2) is 0 Å². The average molecular weight is 300 g/mol. The van der Waals surface area contributed by atoms with Crippen LogP contribution in [0.2, 0.25) is 5.02 Å². The molecule has 0 saturated carbocycles. The average Bonchev–Trinajstić information content (AvgIpc) is 2.48. The minimum atomic E-state index is -0.327. The molecule has 2 amide bonds. The molecule has 0 fully saturated rings. The van der Waals surface area contributed by atoms with Gasteiger partial charge in [0.05, 0.1) is 16.6 Å². The standard InChI is InChI=1S/C16H14ClN3O/c1-11(12-5-3-2-4-6-12)19-16(21)20-14-8-7-13(10-18)15(17)9-14/h2-9,11H,1H3,(H2,19,20,21)/t11-/m1/s1. The van der Waals surface area contributed by atoms with E-state index < -0.39 is 0 Å². The molecule has 21 heavy (non-hydrogen) atoms. The number of hydrogen-bond donors (Lipinski definition) is 2. The van der Waals surface area contributed by atoms with Crippen LogP contribution in [0.4, 0.5) is 10.5 Å². The monoisotopic (exact) mass is 299 g/mol. The predicted octanol–water partition coefficient (Wildman–Crippen LogP) is 4.09. The van der Waals surface area contributed by atoms with Gasteiger partial charge in [0.2, 0.25) is 0 Å². The fraction of sp³-hybridized carbons (Fsp3) is 0.125. The summed E-state index contributed by atoms with van der Waals surface area (Å²) >= 11 is 5.92. The summed E-state index contributed by atoms with van der Waals surface area (Å²) in [6.45, 7) is 1.90. The zero-order valence-corrected chi connectivity index (χ0v) is 12.2. The highest BCUT2D eigenvalue weighted by Gasteiger charge is 2.09. The Labute approximate surface area is 128 Å². The molecular formula is C16H14ClN3O. The van der Waals surface area contributed by atoms with Gasteiger partial charge in [0, 0.05) is 5.69 Å². The number of carbonyl (C=O) groups excluding carboxylic acids is 1. The number of benzene rings is 2. The van der Waals surface area contributed by atoms with Gasteiger partial charge >= 0.3 is 6.03 Å². The van der Waals surface area contributed by atoms with Crippen LogP contribution in [-0.4, -0.2) is 6.03 Å². The van der Waals surface area contributed by atoms with E-state index in [1.54, 1.807) is 18.2 Å². The molecule has 0 aromatic heterocycles. The van der Waals surface area contributed by atoms with Gasteiger partial charge in [0.1, 0.15) is 6.07 Å². The molecule has 1 atom stereocenters. The van der Waals surface area contributed by atoms with E-state index >= 15 is 0 Å². The van der Waals surface area contributed by atoms with Crippen LogP contribution in [0.25, 0.3) is 0 Å². The van der Waals surface area contributed by atoms with Crippen molar-refractivity contribution < 1.29 is 4.79 Å². The maximum atomic E-state index is 11.9. The minimum absolute atomic E-state index is 0.111. The van der Waals surface area contributed by atoms with E-state index in [0.717, 1.165) is 5.56 Å². The molecular weight excluding hydrogens is 286 g/mol. The minimum Gasteiger partial charge on any atom is -0.331 e. The van der Waals surface area contributed by atoms with Crippen LogP contribution in [0.15, 0.2) is 48.5 Å². The second-order valence-corrected chi connectivity index (χ2v) is 4.94. The van der Waals surface area contributed by atoms with Crippen molar-refractivity contribution in [3.8, 4) is 6.07 Å². The molecule has 2 N–H and O–H groups in total. The van der Waals surface area contributed by atoms with Crippen LogP contribution in [0, 0.1) is 11.3 Å². The van der Waals surface area contributed by atoms with Crippen molar-refractivity contribution in [2.75, 3.05) is 5.32 Å². The van der Waals surface area contributed by atoms with Crippen LogP contribution >= 0.6 is 11.6 Å². The maximum Gasteiger partial charge on any atom is 0.319 e. The van der Waals surface area contributed by atoms with Crippen LogP contribution in [0.1, 0.15) is 24.1 Å². The summed E-state index contributed by atoms with van der Waals surface area (Å²) in [6, 6.07) is 16.0. The van der Waals surface area contributed by atoms with Gasteiger partial charge in [-0.3, -0.25) is 0 Å². The number of nitrogens with one attached hydrogen (secondary N) is 2. The molecule has 0 heterocycles. The van der Waals surface area contributed by atoms with Gasteiger partial charge in [-0.25, -0.2) is 4.79 Å². The number of amides is 2. The Bertz CT molecular complexity index is 680. The van der Waals surface area contributed by atoms with E-state index in [1.165, 1.54) is 0 Å². The third-order valence-electron chi connectivity index (χ3n) is 2.99. The van der Waals surface area contributed by atoms with Crippen molar-refractivity contribution in [2.24, 2.45) is 0 Å². The molecule has 0 spiro atoms. The largest absolute Gasteiger partial charge is 0.331 e. The fourth-order valence-corrected chi connectivity index (χ4v) is 2.10. The number of hydrogen-bond acceptors (Lipinski definition) is 2. The summed E-state index contributed by atoms with van der Waals surface area (Å²) in [4.78, 5) is 11.9. The smallest absolute Gasteiger partial charge is 0.319 e. The van der Waals surface area contributed by atoms with E-state index in [9.17, 15) is 4.79 Å². The molecule has 0 bridgehead atoms. The molecule has 0 radical (unpaired) electrons. The number of anilines is 1. The van der Waals surface area contributed by atoms with Crippen LogP contribution < -0.4 is 10.6 Å². The first-order chi connectivity index (χ1) is 10.1. The lowest BCUT2D eigenvalue weighted by molar-refractivity contribution is 0.249. The molecule has 2 aromatic carbocycles. The van der Waals surface area contributed by atoms with Crippen LogP contribution in [-0.2, 0) is 0 Å². The topological polar surface area (TPSA) is 64.9 Å². The number of urea groups is 1. The summed E-state index contributed by atoms with van der Waals surface area (Å²) in [6.07, 6.45) is 0. The van der Waals surface area contributed by atoms with Crippen molar-refractivity contribution in [2.45, 2.75) is 13.0 Å². The zero-order valence-electron chi connectivity index (χ0n) is 11.4. The summed E-state index contributed by atoms with van der Waals surface area (Å²) in [5.74, 6) is 0. The van der Waals surface area contributed by atoms with E-state index in [-0.39, 0.29) is 12.1 Å². The number of rotatable bonds is 3. The van der Waals surface area contributed by atoms with E-state index in [1.807, 2.05) is 43.3 Å². The normalized spacial score (nSPS) is 11.3. The lowest BCUT2D eigenvalue weighted by Crippen LogP contribution is -2.31. The van der Waals surface area contributed by atoms with Gasteiger partial charge in [-0.1, -0.05) is 41.9 Å². The van der Waals surface area contributed by atoms with E-state index in [2.05, 4.69) is 10.6 Å². The molecule has 106 valence electrons. The Morgan fingerprint density at radius 2 is 1.95 bits per heavy atom. The number of nitrogens with zero attached hydrogens (tertiary/aromatic N) is 1. The molecule has 2 aromatic rings. The summed E-state index contributed by atoms with van der Waals surface area (Å²) in [7, 11) is 0. The van der Waals surface area contributed by atoms with Crippen LogP contribution in [0.5, 0.6) is 0 Å². The maximum absolute atomic E-state index is 11.9. The Morgan fingerprint density at radius 1 is 1.24 bits per heavy atom. The van der Waals surface area contributed by atoms with Gasteiger partial charge in [0.25, 0.3) is 0 Å². The molecule has 4 nitrogen and oxygen atoms in total. The number of nitriles is 1. The Hall–Kier alpha value is -2.51. The first-order valence-electron chi connectivity index (χ1n) is 6.42. The van der Waals surface area contributed by atoms with E-state index in [0.29, 0.717) is 16.3 Å². The summed E-state index contributed by atoms with van der Waals surface area (Å²) in [5, 5.41) is 14.6. The molecule has 0 unspecified atom stereocenters. The van der Waals surface area contributed by atoms with Crippen molar-refractivity contribution in [3.05, 3.63) is 64.7 Å². The van der Waals surface area contributed by atoms with Crippen molar-refractivity contribution >= 4 is 23.3 Å². The Morgan fingerprint density at radius 3 is 2.57 bits per heavy atom. The van der Waals surface area contributed by atoms with Crippen molar-refractivity contribution in [1.82, 2.24) is 5.32 Å². The molecule has 0 aliphatic heterocycles. The lowest BCUT2D eigenvalue weighted by Gasteiger charge is -2.15. The number of carbonyl (C=O) groups is 1. The second kappa shape index (κ2) is 6.78. The van der Waals surface area contributed by atoms with Crippen molar-refractivity contribution in [1.29, 1.82) is 5.26 Å². The molecule has 5 heteroatoms. The van der Waals surface area contributed by atoms with Gasteiger partial charge < -0.3 is 10.6 Å². The van der Waals surface area contributed by atoms with Crippen molar-refractivity contribution in [3.63, 3.8) is 0 Å². The molecule has 2 rings (SSSR count). The quantitative estimate of drug-likeness (QED) is 0.896. The van der Waals surface area contributed by atoms with Gasteiger partial charge in [-0.05, 0) is 30.7 Å². The highest BCUT2D eigenvalue weighted by Crippen LogP contribution is 2.20. The molecule has 0 saturated heterocycles.